The molecule has 0 aromatic carbocycles. The maximum Gasteiger partial charge on any atom is 0.137 e. The van der Waals surface area contributed by atoms with Crippen LogP contribution in [-0.2, 0) is 9.53 Å². The number of carbonyl (C=O) groups excluding carboxylic acids is 1. The lowest BCUT2D eigenvalue weighted by molar-refractivity contribution is -0.122. The summed E-state index contributed by atoms with van der Waals surface area (Å²) in [6.07, 6.45) is 1.34. The Morgan fingerprint density at radius 3 is 2.35 bits per heavy atom. The Bertz CT molecular complexity index is 331. The number of carbonyl (C=O) groups is 1. The molecule has 0 aromatic rings. The molecule has 0 rings (SSSR count). The van der Waals surface area contributed by atoms with Gasteiger partial charge in [-0.25, -0.2) is 0 Å². The van der Waals surface area contributed by atoms with Crippen LogP contribution >= 0.6 is 0 Å². The Morgan fingerprint density at radius 1 is 1.12 bits per heavy atom. The van der Waals surface area contributed by atoms with Gasteiger partial charge in [-0.15, -0.1) is 0 Å². The predicted molar refractivity (Wildman–Crippen MR) is 70.3 cm³/mol. The monoisotopic (exact) mass is 234 g/mol. The molecule has 0 N–H and O–H groups in total. The number of ether oxygens (including phenoxy) is 1. The van der Waals surface area contributed by atoms with Crippen LogP contribution in [0.2, 0.25) is 0 Å². The summed E-state index contributed by atoms with van der Waals surface area (Å²) < 4.78 is 5.22. The molecule has 0 radical (unpaired) electrons. The lowest BCUT2D eigenvalue weighted by Crippen LogP contribution is -2.10. The van der Waals surface area contributed by atoms with Crippen LogP contribution in [0.4, 0.5) is 0 Å². The van der Waals surface area contributed by atoms with Crippen LogP contribution in [0.5, 0.6) is 0 Å². The minimum atomic E-state index is 0.0894. The molecule has 0 aromatic heterocycles. The highest BCUT2D eigenvalue weighted by atomic mass is 16.5. The van der Waals surface area contributed by atoms with Gasteiger partial charge in [0, 0.05) is 18.8 Å². The van der Waals surface area contributed by atoms with Gasteiger partial charge in [0.15, 0.2) is 0 Å². The van der Waals surface area contributed by atoms with Gasteiger partial charge in [0.25, 0.3) is 0 Å². The number of hydrogen-bond donors (Lipinski definition) is 0. The maximum absolute atomic E-state index is 11.2. The Hall–Kier alpha value is -1.25. The average molecular weight is 234 g/mol. The lowest BCUT2D eigenvalue weighted by Gasteiger charge is -2.02. The summed E-state index contributed by atoms with van der Waals surface area (Å²) in [5, 5.41) is 0. The molecule has 0 aliphatic rings. The summed E-state index contributed by atoms with van der Waals surface area (Å²) in [6, 6.07) is 0. The van der Waals surface area contributed by atoms with Crippen molar-refractivity contribution in [2.45, 2.75) is 40.5 Å². The highest BCUT2D eigenvalue weighted by Crippen LogP contribution is 1.98. The first-order chi connectivity index (χ1) is 8.04. The zero-order valence-electron chi connectivity index (χ0n) is 11.3. The minimum Gasteiger partial charge on any atom is -0.368 e. The molecule has 0 amide bonds. The van der Waals surface area contributed by atoms with Gasteiger partial charge in [0.1, 0.15) is 12.4 Å². The van der Waals surface area contributed by atoms with Crippen LogP contribution in [0.1, 0.15) is 40.5 Å². The van der Waals surface area contributed by atoms with Gasteiger partial charge < -0.3 is 4.74 Å². The first-order valence-corrected chi connectivity index (χ1v) is 6.10. The van der Waals surface area contributed by atoms with Crippen molar-refractivity contribution in [3.63, 3.8) is 0 Å². The van der Waals surface area contributed by atoms with E-state index in [-0.39, 0.29) is 11.7 Å². The molecule has 2 nitrogen and oxygen atoms in total. The Morgan fingerprint density at radius 2 is 1.76 bits per heavy atom. The van der Waals surface area contributed by atoms with Gasteiger partial charge in [-0.05, 0) is 17.8 Å². The predicted octanol–water partition coefficient (Wildman–Crippen LogP) is 2.67. The number of hydrogen-bond acceptors (Lipinski definition) is 2. The third-order valence-electron chi connectivity index (χ3n) is 2.06. The molecule has 0 unspecified atom stereocenters. The summed E-state index contributed by atoms with van der Waals surface area (Å²) in [6.45, 7) is 8.83. The highest BCUT2D eigenvalue weighted by molar-refractivity contribution is 5.80. The topological polar surface area (TPSA) is 26.3 Å². The van der Waals surface area contributed by atoms with Crippen LogP contribution < -0.4 is 0 Å². The van der Waals surface area contributed by atoms with Crippen LogP contribution in [0.15, 0.2) is 0 Å². The molecule has 0 saturated carbocycles. The van der Waals surface area contributed by atoms with Crippen molar-refractivity contribution >= 4 is 5.78 Å². The number of Topliss-reactive ketones (excluding diaryl/α,β-unsaturated/α-hetero) is 1. The van der Waals surface area contributed by atoms with Crippen LogP contribution in [0, 0.1) is 35.5 Å². The molecule has 0 aliphatic carbocycles. The van der Waals surface area contributed by atoms with E-state index in [1.54, 1.807) is 0 Å². The molecule has 0 saturated heterocycles. The normalized spacial score (nSPS) is 9.53. The summed E-state index contributed by atoms with van der Waals surface area (Å²) >= 11 is 0. The van der Waals surface area contributed by atoms with Gasteiger partial charge in [0.2, 0.25) is 0 Å². The lowest BCUT2D eigenvalue weighted by atomic mass is 10.1. The van der Waals surface area contributed by atoms with E-state index in [1.807, 2.05) is 13.8 Å². The van der Waals surface area contributed by atoms with E-state index in [4.69, 9.17) is 4.74 Å². The molecule has 0 fully saturated rings. The van der Waals surface area contributed by atoms with Gasteiger partial charge in [0.05, 0.1) is 6.61 Å². The molecule has 0 atom stereocenters. The van der Waals surface area contributed by atoms with Crippen molar-refractivity contribution in [3.8, 4) is 23.7 Å². The Labute approximate surface area is 105 Å². The van der Waals surface area contributed by atoms with E-state index in [1.165, 1.54) is 0 Å². The minimum absolute atomic E-state index is 0.0894. The van der Waals surface area contributed by atoms with E-state index in [9.17, 15) is 4.79 Å². The van der Waals surface area contributed by atoms with Crippen molar-refractivity contribution in [2.24, 2.45) is 11.8 Å². The molecule has 0 heterocycles. The summed E-state index contributed by atoms with van der Waals surface area (Å²) in [5.74, 6) is 12.2. The second-order valence-electron chi connectivity index (χ2n) is 4.63. The zero-order chi connectivity index (χ0) is 13.1. The average Bonchev–Trinajstić information content (AvgIpc) is 2.25. The van der Waals surface area contributed by atoms with Gasteiger partial charge in [-0.1, -0.05) is 39.5 Å². The van der Waals surface area contributed by atoms with E-state index in [0.29, 0.717) is 25.6 Å². The quantitative estimate of drug-likeness (QED) is 0.522. The van der Waals surface area contributed by atoms with Crippen molar-refractivity contribution in [1.82, 2.24) is 0 Å². The fourth-order valence-electron chi connectivity index (χ4n) is 0.964. The van der Waals surface area contributed by atoms with Crippen molar-refractivity contribution in [3.05, 3.63) is 0 Å². The standard InChI is InChI=1S/C15H22O2/c1-13(2)9-7-5-6-8-11-17-12-10-15(16)14(3)4/h13-14H,9-12H2,1-4H3. The zero-order valence-corrected chi connectivity index (χ0v) is 11.3. The fraction of sp³-hybridized carbons (Fsp3) is 0.667. The molecule has 0 spiro atoms. The molecular formula is C15H22O2. The van der Waals surface area contributed by atoms with Gasteiger partial charge >= 0.3 is 0 Å². The van der Waals surface area contributed by atoms with Crippen LogP contribution in [0.3, 0.4) is 0 Å². The van der Waals surface area contributed by atoms with Crippen molar-refractivity contribution in [1.29, 1.82) is 0 Å². The first kappa shape index (κ1) is 15.8. The second-order valence-corrected chi connectivity index (χ2v) is 4.63. The number of rotatable bonds is 6. The van der Waals surface area contributed by atoms with Gasteiger partial charge in [-0.3, -0.25) is 4.79 Å². The first-order valence-electron chi connectivity index (χ1n) is 6.10. The highest BCUT2D eigenvalue weighted by Gasteiger charge is 2.05. The Kier molecular flexibility index (Phi) is 9.21. The van der Waals surface area contributed by atoms with E-state index in [0.717, 1.165) is 6.42 Å². The fourth-order valence-corrected chi connectivity index (χ4v) is 0.964. The van der Waals surface area contributed by atoms with Crippen LogP contribution in [-0.4, -0.2) is 19.0 Å². The molecule has 17 heavy (non-hydrogen) atoms. The molecular weight excluding hydrogens is 212 g/mol. The number of ketones is 1. The second kappa shape index (κ2) is 9.94. The maximum atomic E-state index is 11.2. The summed E-state index contributed by atoms with van der Waals surface area (Å²) in [5.41, 5.74) is 0. The van der Waals surface area contributed by atoms with E-state index < -0.39 is 0 Å². The van der Waals surface area contributed by atoms with Crippen molar-refractivity contribution < 1.29 is 9.53 Å². The van der Waals surface area contributed by atoms with Crippen molar-refractivity contribution in [2.75, 3.05) is 13.2 Å². The molecule has 0 aliphatic heterocycles. The third-order valence-corrected chi connectivity index (χ3v) is 2.06. The molecule has 0 bridgehead atoms. The summed E-state index contributed by atoms with van der Waals surface area (Å²) in [7, 11) is 0. The largest absolute Gasteiger partial charge is 0.368 e. The third kappa shape index (κ3) is 11.0. The molecule has 94 valence electrons. The molecule has 2 heteroatoms. The smallest absolute Gasteiger partial charge is 0.137 e. The van der Waals surface area contributed by atoms with E-state index in [2.05, 4.69) is 37.5 Å². The van der Waals surface area contributed by atoms with Crippen LogP contribution in [0.25, 0.3) is 0 Å². The van der Waals surface area contributed by atoms with Gasteiger partial charge in [-0.2, -0.15) is 0 Å². The van der Waals surface area contributed by atoms with E-state index >= 15 is 0 Å². The Balaban J connectivity index is 3.54. The SMILES string of the molecule is CC(C)CC#CC#CCOCCC(=O)C(C)C. The summed E-state index contributed by atoms with van der Waals surface area (Å²) in [4.78, 5) is 11.2.